The Balaban J connectivity index is 1.30. The van der Waals surface area contributed by atoms with Gasteiger partial charge in [-0.3, -0.25) is 0 Å². The molecule has 3 aromatic rings. The molecule has 0 heterocycles. The zero-order valence-corrected chi connectivity index (χ0v) is 19.9. The second-order valence-electron chi connectivity index (χ2n) is 8.49. The van der Waals surface area contributed by atoms with Gasteiger partial charge in [0.05, 0.1) is 6.10 Å². The van der Waals surface area contributed by atoms with Gasteiger partial charge in [0, 0.05) is 32.2 Å². The first-order chi connectivity index (χ1) is 17.0. The SMILES string of the molecule is COC(OC)c1ccccc1C(O)C(O)CCNC(=O)OCC1c2ccccc2-c2ccccc21. The molecule has 1 aliphatic carbocycles. The Bertz CT molecular complexity index is 1100. The van der Waals surface area contributed by atoms with Gasteiger partial charge in [-0.15, -0.1) is 0 Å². The fourth-order valence-corrected chi connectivity index (χ4v) is 4.68. The van der Waals surface area contributed by atoms with Gasteiger partial charge in [0.2, 0.25) is 0 Å². The first-order valence-corrected chi connectivity index (χ1v) is 11.6. The van der Waals surface area contributed by atoms with E-state index in [0.717, 1.165) is 11.1 Å². The molecule has 35 heavy (non-hydrogen) atoms. The van der Waals surface area contributed by atoms with Crippen molar-refractivity contribution >= 4 is 6.09 Å². The van der Waals surface area contributed by atoms with Crippen molar-refractivity contribution in [3.8, 4) is 11.1 Å². The average molecular weight is 478 g/mol. The smallest absolute Gasteiger partial charge is 0.407 e. The molecule has 0 radical (unpaired) electrons. The first-order valence-electron chi connectivity index (χ1n) is 11.6. The largest absolute Gasteiger partial charge is 0.449 e. The van der Waals surface area contributed by atoms with E-state index in [0.29, 0.717) is 11.1 Å². The van der Waals surface area contributed by atoms with E-state index < -0.39 is 24.6 Å². The predicted octanol–water partition coefficient (Wildman–Crippen LogP) is 4.30. The quantitative estimate of drug-likeness (QED) is 0.377. The van der Waals surface area contributed by atoms with Crippen LogP contribution >= 0.6 is 0 Å². The molecule has 4 rings (SSSR count). The monoisotopic (exact) mass is 477 g/mol. The zero-order chi connectivity index (χ0) is 24.8. The summed E-state index contributed by atoms with van der Waals surface area (Å²) in [5.74, 6) is -0.0217. The van der Waals surface area contributed by atoms with Crippen LogP contribution in [-0.2, 0) is 14.2 Å². The van der Waals surface area contributed by atoms with Crippen molar-refractivity contribution in [3.05, 3.63) is 95.1 Å². The Morgan fingerprint density at radius 2 is 1.40 bits per heavy atom. The molecular weight excluding hydrogens is 446 g/mol. The number of hydrogen-bond donors (Lipinski definition) is 3. The predicted molar refractivity (Wildman–Crippen MR) is 132 cm³/mol. The molecule has 0 saturated heterocycles. The van der Waals surface area contributed by atoms with Crippen LogP contribution < -0.4 is 5.32 Å². The van der Waals surface area contributed by atoms with E-state index in [-0.39, 0.29) is 25.5 Å². The summed E-state index contributed by atoms with van der Waals surface area (Å²) < 4.78 is 16.1. The molecule has 0 aliphatic heterocycles. The van der Waals surface area contributed by atoms with E-state index in [1.165, 1.54) is 25.3 Å². The first kappa shape index (κ1) is 24.9. The fourth-order valence-electron chi connectivity index (χ4n) is 4.68. The summed E-state index contributed by atoms with van der Waals surface area (Å²) in [7, 11) is 3.01. The third kappa shape index (κ3) is 5.39. The van der Waals surface area contributed by atoms with Gasteiger partial charge >= 0.3 is 6.09 Å². The van der Waals surface area contributed by atoms with Crippen LogP contribution in [0, 0.1) is 0 Å². The molecule has 3 N–H and O–H groups in total. The zero-order valence-electron chi connectivity index (χ0n) is 19.9. The lowest BCUT2D eigenvalue weighted by Gasteiger charge is -2.24. The second-order valence-corrected chi connectivity index (χ2v) is 8.49. The lowest BCUT2D eigenvalue weighted by molar-refractivity contribution is -0.108. The van der Waals surface area contributed by atoms with Crippen molar-refractivity contribution in [2.45, 2.75) is 30.8 Å². The van der Waals surface area contributed by atoms with Crippen LogP contribution in [0.15, 0.2) is 72.8 Å². The number of methoxy groups -OCH3 is 2. The molecule has 0 fully saturated rings. The molecule has 3 aromatic carbocycles. The number of carbonyl (C=O) groups excluding carboxylic acids is 1. The van der Waals surface area contributed by atoms with Crippen LogP contribution in [0.3, 0.4) is 0 Å². The van der Waals surface area contributed by atoms with E-state index in [1.54, 1.807) is 18.2 Å². The highest BCUT2D eigenvalue weighted by Gasteiger charge is 2.29. The molecule has 184 valence electrons. The molecule has 2 atom stereocenters. The summed E-state index contributed by atoms with van der Waals surface area (Å²) in [5, 5.41) is 23.9. The molecule has 2 unspecified atom stereocenters. The number of carbonyl (C=O) groups is 1. The van der Waals surface area contributed by atoms with E-state index in [4.69, 9.17) is 14.2 Å². The number of aliphatic hydroxyl groups excluding tert-OH is 2. The van der Waals surface area contributed by atoms with Gasteiger partial charge in [-0.05, 0) is 34.2 Å². The molecule has 7 nitrogen and oxygen atoms in total. The Morgan fingerprint density at radius 1 is 0.857 bits per heavy atom. The molecule has 7 heteroatoms. The summed E-state index contributed by atoms with van der Waals surface area (Å²) in [4.78, 5) is 12.4. The maximum Gasteiger partial charge on any atom is 0.407 e. The van der Waals surface area contributed by atoms with Gasteiger partial charge < -0.3 is 29.7 Å². The minimum Gasteiger partial charge on any atom is -0.449 e. The minimum atomic E-state index is -1.16. The minimum absolute atomic E-state index is 0.0217. The van der Waals surface area contributed by atoms with Crippen molar-refractivity contribution in [1.29, 1.82) is 0 Å². The summed E-state index contributed by atoms with van der Waals surface area (Å²) in [6.07, 6.45) is -3.34. The summed E-state index contributed by atoms with van der Waals surface area (Å²) in [5.41, 5.74) is 5.76. The normalized spacial score (nSPS) is 14.3. The second kappa shape index (κ2) is 11.5. The Morgan fingerprint density at radius 3 is 2.00 bits per heavy atom. The highest BCUT2D eigenvalue weighted by Crippen LogP contribution is 2.44. The number of amides is 1. The Kier molecular flexibility index (Phi) is 8.15. The van der Waals surface area contributed by atoms with Crippen LogP contribution in [0.25, 0.3) is 11.1 Å². The fraction of sp³-hybridized carbons (Fsp3) is 0.321. The third-order valence-corrected chi connectivity index (χ3v) is 6.41. The van der Waals surface area contributed by atoms with Crippen LogP contribution in [-0.4, -0.2) is 49.8 Å². The standard InChI is InChI=1S/C28H31NO6/c1-33-27(34-2)23-14-8-7-13-22(23)26(31)25(30)15-16-29-28(32)35-17-24-20-11-5-3-9-18(20)19-10-4-6-12-21(19)24/h3-14,24-27,30-31H,15-17H2,1-2H3,(H,29,32). The summed E-state index contributed by atoms with van der Waals surface area (Å²) >= 11 is 0. The number of nitrogens with one attached hydrogen (secondary N) is 1. The Labute approximate surface area is 205 Å². The van der Waals surface area contributed by atoms with Crippen LogP contribution in [0.4, 0.5) is 4.79 Å². The lowest BCUT2D eigenvalue weighted by Crippen LogP contribution is -2.31. The van der Waals surface area contributed by atoms with E-state index >= 15 is 0 Å². The topological polar surface area (TPSA) is 97.3 Å². The molecule has 0 aromatic heterocycles. The van der Waals surface area contributed by atoms with Crippen LogP contribution in [0.5, 0.6) is 0 Å². The average Bonchev–Trinajstić information content (AvgIpc) is 3.21. The van der Waals surface area contributed by atoms with E-state index in [1.807, 2.05) is 30.3 Å². The third-order valence-electron chi connectivity index (χ3n) is 6.41. The van der Waals surface area contributed by atoms with Crippen molar-refractivity contribution < 1.29 is 29.2 Å². The highest BCUT2D eigenvalue weighted by atomic mass is 16.7. The van der Waals surface area contributed by atoms with Crippen molar-refractivity contribution in [2.75, 3.05) is 27.4 Å². The molecule has 1 aliphatic rings. The van der Waals surface area contributed by atoms with Gasteiger partial charge in [-0.2, -0.15) is 0 Å². The van der Waals surface area contributed by atoms with Crippen LogP contribution in [0.2, 0.25) is 0 Å². The van der Waals surface area contributed by atoms with Crippen molar-refractivity contribution in [3.63, 3.8) is 0 Å². The lowest BCUT2D eigenvalue weighted by atomic mass is 9.96. The summed E-state index contributed by atoms with van der Waals surface area (Å²) in [6, 6.07) is 23.4. The maximum absolute atomic E-state index is 12.4. The van der Waals surface area contributed by atoms with Gasteiger partial charge in [-0.1, -0.05) is 72.8 Å². The highest BCUT2D eigenvalue weighted by molar-refractivity contribution is 5.79. The van der Waals surface area contributed by atoms with Gasteiger partial charge in [0.1, 0.15) is 12.7 Å². The van der Waals surface area contributed by atoms with Crippen molar-refractivity contribution in [2.24, 2.45) is 0 Å². The van der Waals surface area contributed by atoms with Gasteiger partial charge in [0.25, 0.3) is 0 Å². The molecular formula is C28H31NO6. The molecule has 1 amide bonds. The molecule has 0 saturated carbocycles. The number of fused-ring (bicyclic) bond motifs is 3. The number of hydrogen-bond acceptors (Lipinski definition) is 6. The number of benzene rings is 3. The number of ether oxygens (including phenoxy) is 3. The van der Waals surface area contributed by atoms with E-state index in [2.05, 4.69) is 29.6 Å². The maximum atomic E-state index is 12.4. The van der Waals surface area contributed by atoms with Crippen molar-refractivity contribution in [1.82, 2.24) is 5.32 Å². The summed E-state index contributed by atoms with van der Waals surface area (Å²) in [6.45, 7) is 0.364. The van der Waals surface area contributed by atoms with E-state index in [9.17, 15) is 15.0 Å². The molecule has 0 spiro atoms. The Hall–Kier alpha value is -3.23. The van der Waals surface area contributed by atoms with Gasteiger partial charge in [-0.25, -0.2) is 4.79 Å². The van der Waals surface area contributed by atoms with Crippen LogP contribution in [0.1, 0.15) is 47.0 Å². The number of aliphatic hydroxyl groups is 2. The molecule has 0 bridgehead atoms. The number of alkyl carbamates (subject to hydrolysis) is 1. The number of rotatable bonds is 10. The van der Waals surface area contributed by atoms with Gasteiger partial charge in [0.15, 0.2) is 6.29 Å².